The fourth-order valence-corrected chi connectivity index (χ4v) is 3.28. The Morgan fingerprint density at radius 3 is 2.86 bits per heavy atom. The summed E-state index contributed by atoms with van der Waals surface area (Å²) in [6.07, 6.45) is 0. The van der Waals surface area contributed by atoms with Crippen molar-refractivity contribution in [1.29, 1.82) is 0 Å². The molecule has 1 aromatic carbocycles. The molecule has 1 aromatic heterocycles. The van der Waals surface area contributed by atoms with Crippen LogP contribution in [0.1, 0.15) is 0 Å². The first-order valence-electron chi connectivity index (χ1n) is 7.05. The molecule has 1 aliphatic rings. The molecule has 2 N–H and O–H groups in total. The molecule has 0 atom stereocenters. The van der Waals surface area contributed by atoms with Crippen LogP contribution in [0.25, 0.3) is 10.6 Å². The van der Waals surface area contributed by atoms with Crippen molar-refractivity contribution in [1.82, 2.24) is 20.4 Å². The second kappa shape index (κ2) is 7.04. The molecule has 22 heavy (non-hydrogen) atoms. The van der Waals surface area contributed by atoms with Gasteiger partial charge < -0.3 is 15.5 Å². The quantitative estimate of drug-likeness (QED) is 0.888. The van der Waals surface area contributed by atoms with Crippen LogP contribution in [0, 0.1) is 0 Å². The average Bonchev–Trinajstić information content (AvgIpc) is 3.02. The third kappa shape index (κ3) is 3.55. The van der Waals surface area contributed by atoms with Crippen LogP contribution in [0.15, 0.2) is 24.3 Å². The Kier molecular flexibility index (Phi) is 4.87. The predicted octanol–water partition coefficient (Wildman–Crippen LogP) is 1.70. The topological polar surface area (TPSA) is 70.2 Å². The second-order valence-electron chi connectivity index (χ2n) is 4.88. The zero-order chi connectivity index (χ0) is 15.4. The average molecular weight is 338 g/mol. The van der Waals surface area contributed by atoms with E-state index in [1.807, 2.05) is 29.2 Å². The normalized spacial score (nSPS) is 14.9. The van der Waals surface area contributed by atoms with Crippen LogP contribution in [0.4, 0.5) is 5.13 Å². The monoisotopic (exact) mass is 337 g/mol. The van der Waals surface area contributed by atoms with Crippen LogP contribution in [-0.4, -0.2) is 53.7 Å². The number of carbonyl (C=O) groups is 1. The summed E-state index contributed by atoms with van der Waals surface area (Å²) in [6.45, 7) is 3.43. The molecule has 0 spiro atoms. The molecule has 0 radical (unpaired) electrons. The van der Waals surface area contributed by atoms with Gasteiger partial charge in [-0.15, -0.1) is 10.2 Å². The van der Waals surface area contributed by atoms with Crippen molar-refractivity contribution in [3.05, 3.63) is 29.3 Å². The minimum absolute atomic E-state index is 0.0796. The molecule has 1 fully saturated rings. The van der Waals surface area contributed by atoms with Gasteiger partial charge in [0, 0.05) is 31.7 Å². The first-order chi connectivity index (χ1) is 10.7. The summed E-state index contributed by atoms with van der Waals surface area (Å²) in [4.78, 5) is 13.9. The van der Waals surface area contributed by atoms with Gasteiger partial charge in [0.15, 0.2) is 5.01 Å². The van der Waals surface area contributed by atoms with E-state index in [0.29, 0.717) is 10.2 Å². The number of nitrogens with zero attached hydrogens (tertiary/aromatic N) is 3. The SMILES string of the molecule is O=C(CNc1nnc(-c2ccccc2Cl)s1)N1CCNCC1. The van der Waals surface area contributed by atoms with Crippen molar-refractivity contribution >= 4 is 34.0 Å². The first-order valence-corrected chi connectivity index (χ1v) is 8.24. The van der Waals surface area contributed by atoms with Gasteiger partial charge in [0.1, 0.15) is 0 Å². The van der Waals surface area contributed by atoms with E-state index < -0.39 is 0 Å². The summed E-state index contributed by atoms with van der Waals surface area (Å²) < 4.78 is 0. The highest BCUT2D eigenvalue weighted by molar-refractivity contribution is 7.18. The smallest absolute Gasteiger partial charge is 0.242 e. The summed E-state index contributed by atoms with van der Waals surface area (Å²) in [5.74, 6) is 0.0796. The highest BCUT2D eigenvalue weighted by atomic mass is 35.5. The Morgan fingerprint density at radius 2 is 2.09 bits per heavy atom. The Morgan fingerprint density at radius 1 is 1.32 bits per heavy atom. The molecule has 2 aromatic rings. The number of carbonyl (C=O) groups excluding carboxylic acids is 1. The number of hydrogen-bond donors (Lipinski definition) is 2. The van der Waals surface area contributed by atoms with Crippen molar-refractivity contribution in [2.24, 2.45) is 0 Å². The van der Waals surface area contributed by atoms with E-state index in [1.54, 1.807) is 0 Å². The molecule has 0 saturated carbocycles. The van der Waals surface area contributed by atoms with Gasteiger partial charge in [0.05, 0.1) is 11.6 Å². The minimum Gasteiger partial charge on any atom is -0.351 e. The lowest BCUT2D eigenvalue weighted by Crippen LogP contribution is -2.48. The van der Waals surface area contributed by atoms with E-state index in [4.69, 9.17) is 11.6 Å². The first kappa shape index (κ1) is 15.2. The Bertz CT molecular complexity index is 656. The standard InChI is InChI=1S/C14H16ClN5OS/c15-11-4-2-1-3-10(11)13-18-19-14(22-13)17-9-12(21)20-7-5-16-6-8-20/h1-4,16H,5-9H2,(H,17,19). The van der Waals surface area contributed by atoms with Crippen molar-refractivity contribution in [3.8, 4) is 10.6 Å². The molecule has 8 heteroatoms. The second-order valence-corrected chi connectivity index (χ2v) is 6.26. The summed E-state index contributed by atoms with van der Waals surface area (Å²) in [5, 5.41) is 16.5. The summed E-state index contributed by atoms with van der Waals surface area (Å²) in [5.41, 5.74) is 0.850. The van der Waals surface area contributed by atoms with Gasteiger partial charge >= 0.3 is 0 Å². The lowest BCUT2D eigenvalue weighted by atomic mass is 10.2. The number of nitrogens with one attached hydrogen (secondary N) is 2. The lowest BCUT2D eigenvalue weighted by Gasteiger charge is -2.27. The molecule has 2 heterocycles. The number of rotatable bonds is 4. The van der Waals surface area contributed by atoms with Crippen LogP contribution in [0.2, 0.25) is 5.02 Å². The fraction of sp³-hybridized carbons (Fsp3) is 0.357. The van der Waals surface area contributed by atoms with E-state index in [0.717, 1.165) is 36.8 Å². The molecule has 0 bridgehead atoms. The summed E-state index contributed by atoms with van der Waals surface area (Å²) >= 11 is 7.54. The molecule has 0 unspecified atom stereocenters. The molecule has 6 nitrogen and oxygen atoms in total. The number of halogens is 1. The van der Waals surface area contributed by atoms with Gasteiger partial charge in [-0.1, -0.05) is 41.1 Å². The number of aromatic nitrogens is 2. The molecule has 116 valence electrons. The van der Waals surface area contributed by atoms with Gasteiger partial charge in [0.25, 0.3) is 0 Å². The van der Waals surface area contributed by atoms with Crippen molar-refractivity contribution in [3.63, 3.8) is 0 Å². The van der Waals surface area contributed by atoms with Crippen LogP contribution in [0.5, 0.6) is 0 Å². The summed E-state index contributed by atoms with van der Waals surface area (Å²) in [7, 11) is 0. The fourth-order valence-electron chi connectivity index (χ4n) is 2.22. The van der Waals surface area contributed by atoms with E-state index in [2.05, 4.69) is 20.8 Å². The number of hydrogen-bond acceptors (Lipinski definition) is 6. The van der Waals surface area contributed by atoms with Crippen molar-refractivity contribution in [2.75, 3.05) is 38.0 Å². The predicted molar refractivity (Wildman–Crippen MR) is 88.3 cm³/mol. The van der Waals surface area contributed by atoms with Gasteiger partial charge in [-0.2, -0.15) is 0 Å². The maximum Gasteiger partial charge on any atom is 0.242 e. The molecular weight excluding hydrogens is 322 g/mol. The zero-order valence-corrected chi connectivity index (χ0v) is 13.5. The molecule has 0 aliphatic carbocycles. The van der Waals surface area contributed by atoms with Crippen LogP contribution in [-0.2, 0) is 4.79 Å². The van der Waals surface area contributed by atoms with Crippen molar-refractivity contribution in [2.45, 2.75) is 0 Å². The van der Waals surface area contributed by atoms with Crippen molar-refractivity contribution < 1.29 is 4.79 Å². The van der Waals surface area contributed by atoms with Crippen LogP contribution < -0.4 is 10.6 Å². The van der Waals surface area contributed by atoms with E-state index in [-0.39, 0.29) is 12.5 Å². The number of piperazine rings is 1. The Hall–Kier alpha value is -1.70. The van der Waals surface area contributed by atoms with Gasteiger partial charge in [-0.05, 0) is 6.07 Å². The number of benzene rings is 1. The Labute approximate surface area is 137 Å². The number of anilines is 1. The van der Waals surface area contributed by atoms with Crippen LogP contribution in [0.3, 0.4) is 0 Å². The summed E-state index contributed by atoms with van der Waals surface area (Å²) in [6, 6.07) is 7.50. The third-order valence-electron chi connectivity index (χ3n) is 3.39. The maximum atomic E-state index is 12.1. The third-order valence-corrected chi connectivity index (χ3v) is 4.63. The Balaban J connectivity index is 1.60. The van der Waals surface area contributed by atoms with E-state index >= 15 is 0 Å². The highest BCUT2D eigenvalue weighted by Crippen LogP contribution is 2.31. The molecule has 3 rings (SSSR count). The molecule has 1 amide bonds. The molecule has 1 saturated heterocycles. The highest BCUT2D eigenvalue weighted by Gasteiger charge is 2.16. The van der Waals surface area contributed by atoms with Gasteiger partial charge in [-0.25, -0.2) is 0 Å². The van der Waals surface area contributed by atoms with Gasteiger partial charge in [0.2, 0.25) is 11.0 Å². The molecular formula is C14H16ClN5OS. The van der Waals surface area contributed by atoms with E-state index in [9.17, 15) is 4.79 Å². The van der Waals surface area contributed by atoms with Crippen LogP contribution >= 0.6 is 22.9 Å². The zero-order valence-electron chi connectivity index (χ0n) is 11.9. The lowest BCUT2D eigenvalue weighted by molar-refractivity contribution is -0.129. The van der Waals surface area contributed by atoms with Gasteiger partial charge in [-0.3, -0.25) is 4.79 Å². The maximum absolute atomic E-state index is 12.1. The largest absolute Gasteiger partial charge is 0.351 e. The molecule has 1 aliphatic heterocycles. The minimum atomic E-state index is 0.0796. The van der Waals surface area contributed by atoms with E-state index in [1.165, 1.54) is 11.3 Å². The number of amides is 1.